The Hall–Kier alpha value is -10.2. The van der Waals surface area contributed by atoms with Gasteiger partial charge in [-0.15, -0.1) is 0 Å². The highest BCUT2D eigenvalue weighted by Gasteiger charge is 2.41. The lowest BCUT2D eigenvalue weighted by Crippen LogP contribution is -2.15. The van der Waals surface area contributed by atoms with Gasteiger partial charge in [-0.05, 0) is 137 Å². The van der Waals surface area contributed by atoms with Gasteiger partial charge in [0.05, 0.1) is 11.0 Å². The molecule has 3 nitrogen and oxygen atoms in total. The molecule has 0 spiro atoms. The van der Waals surface area contributed by atoms with Gasteiger partial charge in [0.25, 0.3) is 0 Å². The van der Waals surface area contributed by atoms with Crippen molar-refractivity contribution in [3.8, 4) is 72.4 Å². The predicted molar refractivity (Wildman–Crippen MR) is 347 cm³/mol. The SMILES string of the molecule is CC1(C)c2cc3c4cc5c(cc4n(-c4ccccc4)c3cc2-c2c1cc(-c1cccc3c1oc1c(-c4ccccc4)cccc13)c1ccccc21)-c1c(cc(-c2cccc3c2oc2c(-c4ccccc4)cccc23)c2ccccc12)C5(C)C. The zero-order valence-corrected chi connectivity index (χ0v) is 46.4. The van der Waals surface area contributed by atoms with Crippen LogP contribution in [0.15, 0.2) is 258 Å². The van der Waals surface area contributed by atoms with Gasteiger partial charge in [0.1, 0.15) is 22.3 Å². The van der Waals surface area contributed by atoms with Gasteiger partial charge in [-0.3, -0.25) is 0 Å². The molecule has 0 saturated heterocycles. The number of benzene rings is 13. The summed E-state index contributed by atoms with van der Waals surface area (Å²) in [6, 6.07) is 91.8. The Morgan fingerprint density at radius 1 is 0.253 bits per heavy atom. The summed E-state index contributed by atoms with van der Waals surface area (Å²) in [7, 11) is 0. The molecule has 18 rings (SSSR count). The molecule has 0 amide bonds. The Balaban J connectivity index is 0.841. The number of fused-ring (bicyclic) bond motifs is 19. The van der Waals surface area contributed by atoms with E-state index in [1.165, 1.54) is 99.0 Å². The Labute approximate surface area is 479 Å². The third kappa shape index (κ3) is 6.29. The minimum Gasteiger partial charge on any atom is -0.455 e. The van der Waals surface area contributed by atoms with Gasteiger partial charge in [0, 0.05) is 71.1 Å². The van der Waals surface area contributed by atoms with Crippen LogP contribution in [0.25, 0.3) is 160 Å². The van der Waals surface area contributed by atoms with E-state index in [0.717, 1.165) is 82.9 Å². The lowest BCUT2D eigenvalue weighted by molar-refractivity contribution is 0.661. The molecule has 2 aliphatic rings. The van der Waals surface area contributed by atoms with E-state index < -0.39 is 0 Å². The zero-order valence-electron chi connectivity index (χ0n) is 46.4. The van der Waals surface area contributed by atoms with Crippen molar-refractivity contribution in [3.05, 3.63) is 271 Å². The third-order valence-electron chi connectivity index (χ3n) is 19.2. The van der Waals surface area contributed by atoms with Crippen LogP contribution in [0.2, 0.25) is 0 Å². The molecule has 3 heterocycles. The van der Waals surface area contributed by atoms with Crippen molar-refractivity contribution in [1.82, 2.24) is 4.57 Å². The fourth-order valence-corrected chi connectivity index (χ4v) is 15.2. The van der Waals surface area contributed by atoms with Gasteiger partial charge in [0.2, 0.25) is 0 Å². The minimum absolute atomic E-state index is 0.325. The number of hydrogen-bond acceptors (Lipinski definition) is 2. The molecule has 0 bridgehead atoms. The summed E-state index contributed by atoms with van der Waals surface area (Å²) in [6.07, 6.45) is 0. The number of hydrogen-bond donors (Lipinski definition) is 0. The average Bonchev–Trinajstić information content (AvgIpc) is 1.91. The number of para-hydroxylation sites is 5. The minimum atomic E-state index is -0.325. The van der Waals surface area contributed by atoms with Gasteiger partial charge >= 0.3 is 0 Å². The van der Waals surface area contributed by atoms with E-state index in [-0.39, 0.29) is 10.8 Å². The molecule has 0 radical (unpaired) electrons. The molecule has 0 atom stereocenters. The maximum Gasteiger partial charge on any atom is 0.143 e. The van der Waals surface area contributed by atoms with Gasteiger partial charge < -0.3 is 13.4 Å². The molecule has 0 fully saturated rings. The van der Waals surface area contributed by atoms with E-state index in [9.17, 15) is 0 Å². The largest absolute Gasteiger partial charge is 0.455 e. The molecule has 3 aromatic heterocycles. The molecule has 2 aliphatic carbocycles. The molecular formula is C80H53NO2. The lowest BCUT2D eigenvalue weighted by atomic mass is 9.79. The van der Waals surface area contributed by atoms with Crippen LogP contribution in [-0.4, -0.2) is 4.57 Å². The Kier molecular flexibility index (Phi) is 9.36. The molecule has 83 heavy (non-hydrogen) atoms. The molecule has 0 aliphatic heterocycles. The number of nitrogens with zero attached hydrogens (tertiary/aromatic N) is 1. The topological polar surface area (TPSA) is 31.2 Å². The van der Waals surface area contributed by atoms with Crippen LogP contribution in [0, 0.1) is 0 Å². The molecule has 0 saturated carbocycles. The summed E-state index contributed by atoms with van der Waals surface area (Å²) in [5.74, 6) is 0. The van der Waals surface area contributed by atoms with Crippen molar-refractivity contribution in [2.75, 3.05) is 0 Å². The van der Waals surface area contributed by atoms with Crippen LogP contribution in [0.3, 0.4) is 0 Å². The highest BCUT2D eigenvalue weighted by atomic mass is 16.3. The van der Waals surface area contributed by atoms with E-state index >= 15 is 0 Å². The summed E-state index contributed by atoms with van der Waals surface area (Å²) < 4.78 is 16.7. The zero-order chi connectivity index (χ0) is 55.0. The Morgan fingerprint density at radius 3 is 1.00 bits per heavy atom. The number of furan rings is 2. The van der Waals surface area contributed by atoms with E-state index in [1.54, 1.807) is 0 Å². The van der Waals surface area contributed by atoms with Crippen molar-refractivity contribution in [2.24, 2.45) is 0 Å². The second-order valence-corrected chi connectivity index (χ2v) is 24.2. The van der Waals surface area contributed by atoms with Crippen molar-refractivity contribution in [2.45, 2.75) is 38.5 Å². The van der Waals surface area contributed by atoms with E-state index in [2.05, 4.69) is 281 Å². The molecule has 13 aromatic carbocycles. The van der Waals surface area contributed by atoms with E-state index in [0.29, 0.717) is 0 Å². The summed E-state index contributed by atoms with van der Waals surface area (Å²) in [6.45, 7) is 9.72. The maximum atomic E-state index is 7.09. The second-order valence-electron chi connectivity index (χ2n) is 24.2. The van der Waals surface area contributed by atoms with Crippen molar-refractivity contribution in [1.29, 1.82) is 0 Å². The molecule has 0 unspecified atom stereocenters. The standard InChI is InChI=1S/C80H53NO2/c1-79(2)67-42-63-64-43-68-66(74-54-31-17-15-29-52(54)62(41-70(74)80(68,3)4)60-39-21-37-58-56-35-19-33-50(76(56)83-78(58)60)47-24-10-6-11-25-47)45-72(64)81(48-26-12-7-13-27-48)71(63)44-65(67)73-53-30-16-14-28-51(53)61(40-69(73)79)59-38-20-36-57-55-34-18-32-49(75(55)82-77(57)59)46-22-8-5-9-23-46/h5-45H,1-4H3. The summed E-state index contributed by atoms with van der Waals surface area (Å²) >= 11 is 0. The molecule has 390 valence electrons. The van der Waals surface area contributed by atoms with Crippen LogP contribution < -0.4 is 0 Å². The van der Waals surface area contributed by atoms with Crippen LogP contribution in [-0.2, 0) is 10.8 Å². The molecule has 0 N–H and O–H groups in total. The quantitative estimate of drug-likeness (QED) is 0.172. The van der Waals surface area contributed by atoms with Crippen molar-refractivity contribution < 1.29 is 8.83 Å². The predicted octanol–water partition coefficient (Wildman–Crippen LogP) is 22.2. The Bertz CT molecular complexity index is 5160. The van der Waals surface area contributed by atoms with Crippen LogP contribution in [0.4, 0.5) is 0 Å². The first-order chi connectivity index (χ1) is 40.7. The fourth-order valence-electron chi connectivity index (χ4n) is 15.2. The summed E-state index contributed by atoms with van der Waals surface area (Å²) in [5, 5.41) is 12.0. The van der Waals surface area contributed by atoms with Crippen LogP contribution in [0.1, 0.15) is 49.9 Å². The van der Waals surface area contributed by atoms with Crippen molar-refractivity contribution >= 4 is 87.2 Å². The van der Waals surface area contributed by atoms with Crippen LogP contribution in [0.5, 0.6) is 0 Å². The molecule has 3 heteroatoms. The lowest BCUT2D eigenvalue weighted by Gasteiger charge is -2.23. The fraction of sp³-hybridized carbons (Fsp3) is 0.0750. The van der Waals surface area contributed by atoms with Crippen LogP contribution >= 0.6 is 0 Å². The first-order valence-corrected chi connectivity index (χ1v) is 29.1. The Morgan fingerprint density at radius 2 is 0.590 bits per heavy atom. The highest BCUT2D eigenvalue weighted by molar-refractivity contribution is 6.21. The smallest absolute Gasteiger partial charge is 0.143 e. The van der Waals surface area contributed by atoms with Gasteiger partial charge in [-0.1, -0.05) is 228 Å². The monoisotopic (exact) mass is 1060 g/mol. The average molecular weight is 1060 g/mol. The number of rotatable bonds is 5. The van der Waals surface area contributed by atoms with Crippen molar-refractivity contribution in [3.63, 3.8) is 0 Å². The third-order valence-corrected chi connectivity index (χ3v) is 19.2. The van der Waals surface area contributed by atoms with Gasteiger partial charge in [0.15, 0.2) is 0 Å². The number of aromatic nitrogens is 1. The summed E-state index contributed by atoms with van der Waals surface area (Å²) in [5.41, 5.74) is 26.3. The van der Waals surface area contributed by atoms with E-state index in [4.69, 9.17) is 8.83 Å². The highest BCUT2D eigenvalue weighted by Crippen LogP contribution is 2.59. The van der Waals surface area contributed by atoms with Gasteiger partial charge in [-0.2, -0.15) is 0 Å². The first kappa shape index (κ1) is 46.5. The molecular weight excluding hydrogens is 1010 g/mol. The second kappa shape index (κ2) is 16.7. The maximum absolute atomic E-state index is 7.09. The summed E-state index contributed by atoms with van der Waals surface area (Å²) in [4.78, 5) is 0. The normalized spacial score (nSPS) is 14.0. The molecule has 16 aromatic rings. The van der Waals surface area contributed by atoms with Gasteiger partial charge in [-0.25, -0.2) is 0 Å². The first-order valence-electron chi connectivity index (χ1n) is 29.1. The van der Waals surface area contributed by atoms with E-state index in [1.807, 2.05) is 0 Å².